The fourth-order valence-electron chi connectivity index (χ4n) is 3.09. The van der Waals surface area contributed by atoms with Gasteiger partial charge in [0, 0.05) is 25.2 Å². The highest BCUT2D eigenvalue weighted by atomic mass is 32.1. The molecule has 2 N–H and O–H groups in total. The Bertz CT molecular complexity index is 786. The van der Waals surface area contributed by atoms with Crippen LogP contribution in [0.5, 0.6) is 5.88 Å². The van der Waals surface area contributed by atoms with Crippen molar-refractivity contribution >= 4 is 29.1 Å². The molecule has 0 amide bonds. The van der Waals surface area contributed by atoms with Crippen LogP contribution >= 0.6 is 12.2 Å². The molecule has 6 nitrogen and oxygen atoms in total. The summed E-state index contributed by atoms with van der Waals surface area (Å²) in [6.45, 7) is 3.65. The Kier molecular flexibility index (Phi) is 6.39. The zero-order valence-electron chi connectivity index (χ0n) is 15.5. The van der Waals surface area contributed by atoms with Gasteiger partial charge in [0.05, 0.1) is 7.11 Å². The molecule has 0 radical (unpaired) electrons. The maximum absolute atomic E-state index is 13.0. The van der Waals surface area contributed by atoms with E-state index in [1.165, 1.54) is 18.6 Å². The van der Waals surface area contributed by atoms with Gasteiger partial charge in [-0.15, -0.1) is 0 Å². The standard InChI is InChI=1S/C19H24FN5OS/c1-13-5-3-4-10-25(13)16-11-17(26-2)23-18(22-16)24-19(27)21-12-14-6-8-15(20)9-7-14/h6-9,11,13H,3-5,10,12H2,1-2H3,(H2,21,22,23,24,27)/t13-/m1/s1. The highest BCUT2D eigenvalue weighted by Gasteiger charge is 2.21. The maximum Gasteiger partial charge on any atom is 0.234 e. The molecule has 144 valence electrons. The van der Waals surface area contributed by atoms with Gasteiger partial charge in [-0.05, 0) is 56.1 Å². The molecule has 0 aliphatic carbocycles. The summed E-state index contributed by atoms with van der Waals surface area (Å²) in [6.07, 6.45) is 3.53. The van der Waals surface area contributed by atoms with Gasteiger partial charge in [0.25, 0.3) is 0 Å². The van der Waals surface area contributed by atoms with E-state index in [-0.39, 0.29) is 5.82 Å². The third-order valence-corrected chi connectivity index (χ3v) is 4.83. The average molecular weight is 390 g/mol. The lowest BCUT2D eigenvalue weighted by Gasteiger charge is -2.34. The first-order chi connectivity index (χ1) is 13.0. The summed E-state index contributed by atoms with van der Waals surface area (Å²) in [5.74, 6) is 1.45. The van der Waals surface area contributed by atoms with Gasteiger partial charge in [0.1, 0.15) is 11.6 Å². The second-order valence-corrected chi connectivity index (χ2v) is 6.97. The minimum atomic E-state index is -0.260. The minimum Gasteiger partial charge on any atom is -0.481 e. The number of ether oxygens (including phenoxy) is 1. The van der Waals surface area contributed by atoms with Crippen LogP contribution in [0.2, 0.25) is 0 Å². The van der Waals surface area contributed by atoms with Crippen molar-refractivity contribution in [1.29, 1.82) is 0 Å². The maximum atomic E-state index is 13.0. The summed E-state index contributed by atoms with van der Waals surface area (Å²) in [4.78, 5) is 11.2. The fourth-order valence-corrected chi connectivity index (χ4v) is 3.25. The number of thiocarbonyl (C=S) groups is 1. The first-order valence-electron chi connectivity index (χ1n) is 9.04. The molecule has 0 saturated carbocycles. The molecule has 1 fully saturated rings. The van der Waals surface area contributed by atoms with E-state index in [1.807, 2.05) is 6.07 Å². The third-order valence-electron chi connectivity index (χ3n) is 4.59. The van der Waals surface area contributed by atoms with Crippen LogP contribution in [0.25, 0.3) is 0 Å². The Morgan fingerprint density at radius 2 is 2.07 bits per heavy atom. The summed E-state index contributed by atoms with van der Waals surface area (Å²) < 4.78 is 18.3. The lowest BCUT2D eigenvalue weighted by Crippen LogP contribution is -2.38. The van der Waals surface area contributed by atoms with Gasteiger partial charge in [-0.3, -0.25) is 0 Å². The van der Waals surface area contributed by atoms with Crippen molar-refractivity contribution in [3.63, 3.8) is 0 Å². The smallest absolute Gasteiger partial charge is 0.234 e. The summed E-state index contributed by atoms with van der Waals surface area (Å²) in [5.41, 5.74) is 0.926. The Balaban J connectivity index is 1.67. The summed E-state index contributed by atoms with van der Waals surface area (Å²) in [5, 5.41) is 6.48. The van der Waals surface area contributed by atoms with Gasteiger partial charge >= 0.3 is 0 Å². The molecular formula is C19H24FN5OS. The van der Waals surface area contributed by atoms with Crippen molar-refractivity contribution in [3.05, 3.63) is 41.7 Å². The van der Waals surface area contributed by atoms with Crippen LogP contribution in [0.1, 0.15) is 31.7 Å². The van der Waals surface area contributed by atoms with Gasteiger partial charge < -0.3 is 20.3 Å². The largest absolute Gasteiger partial charge is 0.481 e. The van der Waals surface area contributed by atoms with E-state index in [2.05, 4.69) is 32.4 Å². The monoisotopic (exact) mass is 389 g/mol. The molecule has 0 bridgehead atoms. The molecule has 1 aliphatic heterocycles. The van der Waals surface area contributed by atoms with Crippen LogP contribution in [-0.2, 0) is 6.54 Å². The van der Waals surface area contributed by atoms with Crippen LogP contribution in [0.3, 0.4) is 0 Å². The molecule has 0 unspecified atom stereocenters. The van der Waals surface area contributed by atoms with Gasteiger partial charge in [0.15, 0.2) is 5.11 Å². The van der Waals surface area contributed by atoms with Gasteiger partial charge in [-0.1, -0.05) is 12.1 Å². The van der Waals surface area contributed by atoms with Gasteiger partial charge in [-0.25, -0.2) is 4.39 Å². The minimum absolute atomic E-state index is 0.260. The summed E-state index contributed by atoms with van der Waals surface area (Å²) in [7, 11) is 1.58. The number of benzene rings is 1. The van der Waals surface area contributed by atoms with Gasteiger partial charge in [-0.2, -0.15) is 9.97 Å². The van der Waals surface area contributed by atoms with Crippen LogP contribution < -0.4 is 20.3 Å². The van der Waals surface area contributed by atoms with Crippen molar-refractivity contribution in [2.45, 2.75) is 38.8 Å². The van der Waals surface area contributed by atoms with Crippen molar-refractivity contribution in [2.24, 2.45) is 0 Å². The number of methoxy groups -OCH3 is 1. The van der Waals surface area contributed by atoms with Crippen LogP contribution in [0, 0.1) is 5.82 Å². The number of hydrogen-bond donors (Lipinski definition) is 2. The van der Waals surface area contributed by atoms with E-state index >= 15 is 0 Å². The van der Waals surface area contributed by atoms with Crippen molar-refractivity contribution in [2.75, 3.05) is 23.9 Å². The number of piperidine rings is 1. The summed E-state index contributed by atoms with van der Waals surface area (Å²) in [6, 6.07) is 8.54. The molecular weight excluding hydrogens is 365 g/mol. The molecule has 3 rings (SSSR count). The molecule has 2 heterocycles. The topological polar surface area (TPSA) is 62.3 Å². The highest BCUT2D eigenvalue weighted by molar-refractivity contribution is 7.80. The predicted octanol–water partition coefficient (Wildman–Crippen LogP) is 3.49. The fraction of sp³-hybridized carbons (Fsp3) is 0.421. The van der Waals surface area contributed by atoms with Crippen LogP contribution in [-0.4, -0.2) is 34.8 Å². The zero-order chi connectivity index (χ0) is 19.2. The van der Waals surface area contributed by atoms with E-state index in [0.29, 0.717) is 29.5 Å². The average Bonchev–Trinajstić information content (AvgIpc) is 2.67. The number of aromatic nitrogens is 2. The Labute approximate surface area is 164 Å². The third kappa shape index (κ3) is 5.26. The Morgan fingerprint density at radius 3 is 2.78 bits per heavy atom. The van der Waals surface area contributed by atoms with E-state index in [1.54, 1.807) is 19.2 Å². The molecule has 1 aliphatic rings. The second-order valence-electron chi connectivity index (χ2n) is 6.56. The van der Waals surface area contributed by atoms with Gasteiger partial charge in [0.2, 0.25) is 11.8 Å². The molecule has 27 heavy (non-hydrogen) atoms. The quantitative estimate of drug-likeness (QED) is 0.759. The lowest BCUT2D eigenvalue weighted by atomic mass is 10.0. The Hall–Kier alpha value is -2.48. The normalized spacial score (nSPS) is 16.7. The molecule has 8 heteroatoms. The van der Waals surface area contributed by atoms with Crippen molar-refractivity contribution in [1.82, 2.24) is 15.3 Å². The first-order valence-corrected chi connectivity index (χ1v) is 9.45. The Morgan fingerprint density at radius 1 is 1.30 bits per heavy atom. The van der Waals surface area contributed by atoms with Crippen LogP contribution in [0.4, 0.5) is 16.2 Å². The van der Waals surface area contributed by atoms with E-state index in [9.17, 15) is 4.39 Å². The van der Waals surface area contributed by atoms with Crippen molar-refractivity contribution < 1.29 is 9.13 Å². The van der Waals surface area contributed by atoms with Crippen molar-refractivity contribution in [3.8, 4) is 5.88 Å². The van der Waals surface area contributed by atoms with E-state index < -0.39 is 0 Å². The number of halogens is 1. The van der Waals surface area contributed by atoms with E-state index in [0.717, 1.165) is 30.8 Å². The van der Waals surface area contributed by atoms with Crippen LogP contribution in [0.15, 0.2) is 30.3 Å². The molecule has 2 aromatic rings. The molecule has 1 aromatic heterocycles. The van der Waals surface area contributed by atoms with E-state index in [4.69, 9.17) is 17.0 Å². The second kappa shape index (κ2) is 8.94. The number of nitrogens with zero attached hydrogens (tertiary/aromatic N) is 3. The number of rotatable bonds is 5. The number of nitrogens with one attached hydrogen (secondary N) is 2. The molecule has 1 aromatic carbocycles. The lowest BCUT2D eigenvalue weighted by molar-refractivity contribution is 0.396. The molecule has 1 saturated heterocycles. The molecule has 1 atom stereocenters. The SMILES string of the molecule is COc1cc(N2CCCC[C@H]2C)nc(NC(=S)NCc2ccc(F)cc2)n1. The zero-order valence-corrected chi connectivity index (χ0v) is 16.4. The predicted molar refractivity (Wildman–Crippen MR) is 109 cm³/mol. The number of hydrogen-bond acceptors (Lipinski definition) is 5. The first kappa shape index (κ1) is 19.3. The number of anilines is 2. The summed E-state index contributed by atoms with van der Waals surface area (Å²) >= 11 is 5.33. The highest BCUT2D eigenvalue weighted by Crippen LogP contribution is 2.26. The molecule has 0 spiro atoms.